The van der Waals surface area contributed by atoms with Crippen molar-refractivity contribution >= 4 is 16.7 Å². The number of hydrazine groups is 1. The normalized spacial score (nSPS) is 29.6. The van der Waals surface area contributed by atoms with Gasteiger partial charge in [0, 0.05) is 0 Å². The van der Waals surface area contributed by atoms with Crippen LogP contribution in [0, 0.1) is 0 Å². The summed E-state index contributed by atoms with van der Waals surface area (Å²) in [5.41, 5.74) is 2.98. The molecule has 0 spiro atoms. The number of amides is 1. The van der Waals surface area contributed by atoms with Crippen LogP contribution in [0.1, 0.15) is 13.8 Å². The molecule has 1 saturated heterocycles. The van der Waals surface area contributed by atoms with Gasteiger partial charge in [0.15, 0.2) is 0 Å². The summed E-state index contributed by atoms with van der Waals surface area (Å²) < 4.78 is 11.4. The molecule has 0 aromatic carbocycles. The molecule has 9 heteroatoms. The fourth-order valence-corrected chi connectivity index (χ4v) is 3.54. The molecule has 0 saturated carbocycles. The molecule has 1 rings (SSSR count). The Hall–Kier alpha value is 0.190. The number of ether oxygens (including phenoxy) is 1. The quantitative estimate of drug-likeness (QED) is 0.0831. The second-order valence-corrected chi connectivity index (χ2v) is 9.73. The van der Waals surface area contributed by atoms with E-state index < -0.39 is 16.7 Å². The third-order valence-electron chi connectivity index (χ3n) is 1.61. The molecule has 7 nitrogen and oxygen atoms in total. The van der Waals surface area contributed by atoms with Gasteiger partial charge < -0.3 is 0 Å². The molecular weight excluding hydrogens is 345 g/mol. The predicted octanol–water partition coefficient (Wildman–Crippen LogP) is -3.71. The van der Waals surface area contributed by atoms with Crippen molar-refractivity contribution in [3.63, 3.8) is 0 Å². The number of cyclic esters (lactones) is 1. The minimum absolute atomic E-state index is 0.0121. The van der Waals surface area contributed by atoms with Crippen LogP contribution in [0.5, 0.6) is 0 Å². The average molecular weight is 364 g/mol. The zero-order valence-electron chi connectivity index (χ0n) is 9.38. The van der Waals surface area contributed by atoms with Crippen molar-refractivity contribution in [2.45, 2.75) is 17.8 Å². The van der Waals surface area contributed by atoms with E-state index in [0.717, 1.165) is 0 Å². The molecule has 6 N–H and O–H groups in total. The summed E-state index contributed by atoms with van der Waals surface area (Å²) in [5.74, 6) is 0.602. The van der Waals surface area contributed by atoms with Gasteiger partial charge in [-0.1, -0.05) is 0 Å². The zero-order chi connectivity index (χ0) is 12.0. The van der Waals surface area contributed by atoms with Gasteiger partial charge in [-0.15, -0.1) is 0 Å². The molecule has 98 valence electrons. The molecule has 1 fully saturated rings. The van der Waals surface area contributed by atoms with Crippen molar-refractivity contribution in [3.8, 4) is 0 Å². The van der Waals surface area contributed by atoms with Gasteiger partial charge >= 0.3 is 108 Å². The molecule has 1 aliphatic heterocycles. The van der Waals surface area contributed by atoms with E-state index in [9.17, 15) is 4.79 Å². The molecule has 1 aliphatic rings. The van der Waals surface area contributed by atoms with Crippen molar-refractivity contribution in [2.75, 3.05) is 19.0 Å². The number of hydrogen-bond acceptors (Lipinski definition) is 6. The first-order valence-electron chi connectivity index (χ1n) is 4.90. The molecule has 0 aromatic rings. The van der Waals surface area contributed by atoms with Crippen molar-refractivity contribution in [1.82, 2.24) is 18.5 Å². The Labute approximate surface area is 108 Å². The van der Waals surface area contributed by atoms with Crippen LogP contribution in [0.4, 0.5) is 4.79 Å². The second kappa shape index (κ2) is 6.81. The monoisotopic (exact) mass is 364 g/mol. The SMILES string of the molecule is CC(C)[I-]NCNNS1(N)CCOC(=O)N1. The van der Waals surface area contributed by atoms with Gasteiger partial charge in [0.1, 0.15) is 0 Å². The number of alkyl halides is 1. The number of carbonyl (C=O) groups excluding carboxylic acids is 1. The van der Waals surface area contributed by atoms with E-state index in [0.29, 0.717) is 23.0 Å². The van der Waals surface area contributed by atoms with Gasteiger partial charge in [0.05, 0.1) is 0 Å². The summed E-state index contributed by atoms with van der Waals surface area (Å²) in [6, 6.07) is 0. The van der Waals surface area contributed by atoms with Crippen LogP contribution in [0.2, 0.25) is 0 Å². The number of nitrogens with two attached hydrogens (primary N) is 1. The molecular formula is C7H19IN5O2S-. The summed E-state index contributed by atoms with van der Waals surface area (Å²) in [6.07, 6.45) is -0.458. The zero-order valence-corrected chi connectivity index (χ0v) is 12.4. The third kappa shape index (κ3) is 5.50. The number of nitrogens with one attached hydrogen (secondary N) is 4. The van der Waals surface area contributed by atoms with Gasteiger partial charge in [-0.05, 0) is 0 Å². The van der Waals surface area contributed by atoms with E-state index in [1.54, 1.807) is 0 Å². The summed E-state index contributed by atoms with van der Waals surface area (Å²) >= 11 is 0.0121. The number of hydrogen-bond donors (Lipinski definition) is 5. The van der Waals surface area contributed by atoms with E-state index in [1.165, 1.54) is 0 Å². The van der Waals surface area contributed by atoms with Gasteiger partial charge in [-0.3, -0.25) is 0 Å². The molecule has 1 heterocycles. The summed E-state index contributed by atoms with van der Waals surface area (Å²) in [7, 11) is -1.80. The first kappa shape index (κ1) is 14.3. The summed E-state index contributed by atoms with van der Waals surface area (Å²) in [4.78, 5) is 13.9. The van der Waals surface area contributed by atoms with Crippen molar-refractivity contribution in [2.24, 2.45) is 5.14 Å². The Bertz CT molecular complexity index is 245. The standard InChI is InChI=1S/C7H19IN5O2S/c1-6(2)8-10-5-11-13-16(9)4-3-15-7(14)12-16/h6,10-11,13H,3-5,9H2,1-2H3,(H,12,14)/q-1. The van der Waals surface area contributed by atoms with E-state index in [1.807, 2.05) is 0 Å². The molecule has 0 radical (unpaired) electrons. The van der Waals surface area contributed by atoms with E-state index >= 15 is 0 Å². The molecule has 1 atom stereocenters. The molecule has 1 unspecified atom stereocenters. The predicted molar refractivity (Wildman–Crippen MR) is 60.5 cm³/mol. The van der Waals surface area contributed by atoms with Crippen LogP contribution >= 0.6 is 10.6 Å². The summed E-state index contributed by atoms with van der Waals surface area (Å²) in [6.45, 7) is 5.37. The van der Waals surface area contributed by atoms with Gasteiger partial charge in [-0.2, -0.15) is 0 Å². The number of halogens is 1. The maximum absolute atomic E-state index is 11.0. The Kier molecular flexibility index (Phi) is 6.07. The van der Waals surface area contributed by atoms with Crippen LogP contribution in [0.15, 0.2) is 0 Å². The van der Waals surface area contributed by atoms with Crippen LogP contribution < -0.4 is 45.1 Å². The third-order valence-corrected chi connectivity index (χ3v) is 5.53. The van der Waals surface area contributed by atoms with Crippen molar-refractivity contribution in [3.05, 3.63) is 0 Å². The molecule has 0 bridgehead atoms. The van der Waals surface area contributed by atoms with Gasteiger partial charge in [0.2, 0.25) is 0 Å². The minimum atomic E-state index is -1.80. The first-order chi connectivity index (χ1) is 7.52. The van der Waals surface area contributed by atoms with E-state index in [-0.39, 0.29) is 21.5 Å². The van der Waals surface area contributed by atoms with Gasteiger partial charge in [-0.25, -0.2) is 0 Å². The molecule has 0 aromatic heterocycles. The van der Waals surface area contributed by atoms with Crippen LogP contribution in [-0.4, -0.2) is 29.0 Å². The second-order valence-electron chi connectivity index (χ2n) is 3.45. The average Bonchev–Trinajstić information content (AvgIpc) is 2.16. The maximum atomic E-state index is 11.0. The topological polar surface area (TPSA) is 100 Å². The fourth-order valence-electron chi connectivity index (χ4n) is 0.963. The number of rotatable bonds is 6. The Morgan fingerprint density at radius 2 is 2.44 bits per heavy atom. The fraction of sp³-hybridized carbons (Fsp3) is 0.857. The van der Waals surface area contributed by atoms with Crippen molar-refractivity contribution in [1.29, 1.82) is 0 Å². The van der Waals surface area contributed by atoms with Crippen LogP contribution in [0.25, 0.3) is 0 Å². The molecule has 0 aliphatic carbocycles. The first-order valence-corrected chi connectivity index (χ1v) is 9.09. The van der Waals surface area contributed by atoms with Crippen molar-refractivity contribution < 1.29 is 31.0 Å². The Morgan fingerprint density at radius 1 is 1.69 bits per heavy atom. The Morgan fingerprint density at radius 3 is 3.06 bits per heavy atom. The van der Waals surface area contributed by atoms with Crippen LogP contribution in [0.3, 0.4) is 0 Å². The van der Waals surface area contributed by atoms with E-state index in [2.05, 4.69) is 32.4 Å². The Balaban J connectivity index is 2.13. The van der Waals surface area contributed by atoms with Crippen LogP contribution in [-0.2, 0) is 4.74 Å². The number of carbonyl (C=O) groups is 1. The van der Waals surface area contributed by atoms with E-state index in [4.69, 9.17) is 9.88 Å². The van der Waals surface area contributed by atoms with Gasteiger partial charge in [0.25, 0.3) is 0 Å². The molecule has 16 heavy (non-hydrogen) atoms. The molecule has 1 amide bonds. The summed E-state index contributed by atoms with van der Waals surface area (Å²) in [5, 5.41) is 5.97.